The zero-order valence-electron chi connectivity index (χ0n) is 8.28. The molecule has 0 radical (unpaired) electrons. The molecule has 80 valence electrons. The maximum absolute atomic E-state index is 10.9. The van der Waals surface area contributed by atoms with Crippen molar-refractivity contribution in [2.75, 3.05) is 6.54 Å². The first-order valence-electron chi connectivity index (χ1n) is 4.28. The first kappa shape index (κ1) is 12.6. The van der Waals surface area contributed by atoms with Crippen LogP contribution < -0.4 is 5.32 Å². The second-order valence-electron chi connectivity index (χ2n) is 3.24. The summed E-state index contributed by atoms with van der Waals surface area (Å²) < 4.78 is 0. The molecule has 0 rings (SSSR count). The van der Waals surface area contributed by atoms with Crippen molar-refractivity contribution < 1.29 is 19.8 Å². The predicted octanol–water partition coefficient (Wildman–Crippen LogP) is -0.0956. The fourth-order valence-corrected chi connectivity index (χ4v) is 0.608. The average molecular weight is 201 g/mol. The molecule has 14 heavy (non-hydrogen) atoms. The number of rotatable bonds is 5. The van der Waals surface area contributed by atoms with Crippen molar-refractivity contribution in [3.05, 3.63) is 12.2 Å². The second kappa shape index (κ2) is 5.39. The van der Waals surface area contributed by atoms with E-state index < -0.39 is 17.5 Å². The Balaban J connectivity index is 3.92. The number of carbonyl (C=O) groups excluding carboxylic acids is 1. The highest BCUT2D eigenvalue weighted by Crippen LogP contribution is 2.05. The van der Waals surface area contributed by atoms with Gasteiger partial charge in [-0.05, 0) is 13.3 Å². The van der Waals surface area contributed by atoms with Gasteiger partial charge in [-0.3, -0.25) is 4.79 Å². The summed E-state index contributed by atoms with van der Waals surface area (Å²) >= 11 is 0. The van der Waals surface area contributed by atoms with Crippen molar-refractivity contribution in [3.63, 3.8) is 0 Å². The summed E-state index contributed by atoms with van der Waals surface area (Å²) in [5, 5.41) is 20.1. The smallest absolute Gasteiger partial charge is 0.328 e. The summed E-state index contributed by atoms with van der Waals surface area (Å²) in [5.41, 5.74) is -0.952. The number of aliphatic hydroxyl groups is 1. The van der Waals surface area contributed by atoms with Gasteiger partial charge in [-0.25, -0.2) is 4.79 Å². The molecule has 0 aromatic heterocycles. The van der Waals surface area contributed by atoms with Crippen molar-refractivity contribution in [1.29, 1.82) is 0 Å². The van der Waals surface area contributed by atoms with E-state index in [1.807, 2.05) is 0 Å². The lowest BCUT2D eigenvalue weighted by molar-refractivity contribution is -0.131. The van der Waals surface area contributed by atoms with E-state index in [-0.39, 0.29) is 6.54 Å². The number of carboxylic acid groups (broad SMARTS) is 1. The highest BCUT2D eigenvalue weighted by atomic mass is 16.4. The standard InChI is InChI=1S/C9H15NO4/c1-3-9(2,14)6-10-7(11)4-5-8(12)13/h4-5,14H,3,6H2,1-2H3,(H,10,11)(H,12,13). The third-order valence-corrected chi connectivity index (χ3v) is 1.78. The SMILES string of the molecule is CCC(C)(O)CNC(=O)C=CC(=O)O. The first-order chi connectivity index (χ1) is 6.37. The van der Waals surface area contributed by atoms with Gasteiger partial charge in [-0.2, -0.15) is 0 Å². The third kappa shape index (κ3) is 6.19. The third-order valence-electron chi connectivity index (χ3n) is 1.78. The Kier molecular flexibility index (Phi) is 4.86. The minimum atomic E-state index is -1.18. The van der Waals surface area contributed by atoms with Crippen LogP contribution in [0.15, 0.2) is 12.2 Å². The van der Waals surface area contributed by atoms with Gasteiger partial charge < -0.3 is 15.5 Å². The molecule has 0 saturated heterocycles. The minimum Gasteiger partial charge on any atom is -0.478 e. The number of hydrogen-bond acceptors (Lipinski definition) is 3. The highest BCUT2D eigenvalue weighted by molar-refractivity contribution is 5.93. The van der Waals surface area contributed by atoms with Crippen LogP contribution in [0.3, 0.4) is 0 Å². The Bertz CT molecular complexity index is 245. The molecule has 0 aliphatic carbocycles. The van der Waals surface area contributed by atoms with Gasteiger partial charge in [0.1, 0.15) is 0 Å². The van der Waals surface area contributed by atoms with Gasteiger partial charge in [0, 0.05) is 18.7 Å². The molecule has 5 nitrogen and oxygen atoms in total. The molecule has 0 bridgehead atoms. The molecule has 5 heteroatoms. The van der Waals surface area contributed by atoms with Crippen LogP contribution in [0.2, 0.25) is 0 Å². The van der Waals surface area contributed by atoms with E-state index in [4.69, 9.17) is 5.11 Å². The second-order valence-corrected chi connectivity index (χ2v) is 3.24. The van der Waals surface area contributed by atoms with Gasteiger partial charge in [-0.1, -0.05) is 6.92 Å². The zero-order chi connectivity index (χ0) is 11.2. The molecule has 1 unspecified atom stereocenters. The molecular weight excluding hydrogens is 186 g/mol. The fourth-order valence-electron chi connectivity index (χ4n) is 0.608. The van der Waals surface area contributed by atoms with Crippen LogP contribution in [0.25, 0.3) is 0 Å². The Morgan fingerprint density at radius 3 is 2.43 bits per heavy atom. The van der Waals surface area contributed by atoms with Crippen molar-refractivity contribution in [3.8, 4) is 0 Å². The van der Waals surface area contributed by atoms with Gasteiger partial charge in [-0.15, -0.1) is 0 Å². The maximum Gasteiger partial charge on any atom is 0.328 e. The lowest BCUT2D eigenvalue weighted by Gasteiger charge is -2.20. The van der Waals surface area contributed by atoms with Crippen LogP contribution in [-0.4, -0.2) is 34.2 Å². The van der Waals surface area contributed by atoms with Crippen LogP contribution in [0, 0.1) is 0 Å². The number of amides is 1. The summed E-state index contributed by atoms with van der Waals surface area (Å²) in [6.45, 7) is 3.49. The molecule has 3 N–H and O–H groups in total. The quantitative estimate of drug-likeness (QED) is 0.542. The first-order valence-corrected chi connectivity index (χ1v) is 4.28. The molecule has 1 amide bonds. The largest absolute Gasteiger partial charge is 0.478 e. The van der Waals surface area contributed by atoms with Crippen molar-refractivity contribution in [2.24, 2.45) is 0 Å². The summed E-state index contributed by atoms with van der Waals surface area (Å²) in [4.78, 5) is 21.0. The van der Waals surface area contributed by atoms with Crippen LogP contribution in [0.5, 0.6) is 0 Å². The van der Waals surface area contributed by atoms with Gasteiger partial charge in [0.05, 0.1) is 5.60 Å². The van der Waals surface area contributed by atoms with Crippen LogP contribution in [0.4, 0.5) is 0 Å². The Hall–Kier alpha value is -1.36. The molecule has 0 aliphatic heterocycles. The molecule has 1 atom stereocenters. The number of hydrogen-bond donors (Lipinski definition) is 3. The zero-order valence-corrected chi connectivity index (χ0v) is 8.28. The highest BCUT2D eigenvalue weighted by Gasteiger charge is 2.17. The van der Waals surface area contributed by atoms with Crippen LogP contribution >= 0.6 is 0 Å². The molecule has 0 aliphatic rings. The van der Waals surface area contributed by atoms with Gasteiger partial charge in [0.25, 0.3) is 0 Å². The van der Waals surface area contributed by atoms with E-state index in [9.17, 15) is 14.7 Å². The van der Waals surface area contributed by atoms with E-state index >= 15 is 0 Å². The van der Waals surface area contributed by atoms with E-state index in [1.165, 1.54) is 0 Å². The normalized spacial score (nSPS) is 15.1. The lowest BCUT2D eigenvalue weighted by Crippen LogP contribution is -2.39. The topological polar surface area (TPSA) is 86.6 Å². The lowest BCUT2D eigenvalue weighted by atomic mass is 10.0. The van der Waals surface area contributed by atoms with E-state index in [0.717, 1.165) is 12.2 Å². The summed E-state index contributed by atoms with van der Waals surface area (Å²) in [5.74, 6) is -1.71. The Labute approximate surface area is 82.4 Å². The minimum absolute atomic E-state index is 0.103. The summed E-state index contributed by atoms with van der Waals surface area (Å²) in [7, 11) is 0. The van der Waals surface area contributed by atoms with Crippen molar-refractivity contribution in [2.45, 2.75) is 25.9 Å². The molecule has 0 aromatic rings. The maximum atomic E-state index is 10.9. The molecule has 0 saturated carbocycles. The van der Waals surface area contributed by atoms with E-state index in [0.29, 0.717) is 6.42 Å². The Morgan fingerprint density at radius 2 is 2.00 bits per heavy atom. The van der Waals surface area contributed by atoms with Crippen LogP contribution in [0.1, 0.15) is 20.3 Å². The van der Waals surface area contributed by atoms with E-state index in [1.54, 1.807) is 13.8 Å². The van der Waals surface area contributed by atoms with Gasteiger partial charge in [0.15, 0.2) is 0 Å². The van der Waals surface area contributed by atoms with Crippen molar-refractivity contribution >= 4 is 11.9 Å². The predicted molar refractivity (Wildman–Crippen MR) is 50.7 cm³/mol. The average Bonchev–Trinajstić information content (AvgIpc) is 2.11. The summed E-state index contributed by atoms with van der Waals surface area (Å²) in [6, 6.07) is 0. The number of aliphatic carboxylic acids is 1. The fraction of sp³-hybridized carbons (Fsp3) is 0.556. The molecule has 0 fully saturated rings. The number of carbonyl (C=O) groups is 2. The molecule has 0 spiro atoms. The molecule has 0 aromatic carbocycles. The molecular formula is C9H15NO4. The van der Waals surface area contributed by atoms with E-state index in [2.05, 4.69) is 5.32 Å². The van der Waals surface area contributed by atoms with Gasteiger partial charge in [0.2, 0.25) is 5.91 Å². The van der Waals surface area contributed by atoms with Crippen molar-refractivity contribution in [1.82, 2.24) is 5.32 Å². The monoisotopic (exact) mass is 201 g/mol. The molecule has 0 heterocycles. The summed E-state index contributed by atoms with van der Waals surface area (Å²) in [6.07, 6.45) is 2.17. The Morgan fingerprint density at radius 1 is 1.43 bits per heavy atom. The van der Waals surface area contributed by atoms with Gasteiger partial charge >= 0.3 is 5.97 Å². The van der Waals surface area contributed by atoms with Crippen LogP contribution in [-0.2, 0) is 9.59 Å². The number of nitrogens with one attached hydrogen (secondary N) is 1. The number of carboxylic acids is 1.